The third-order valence-electron chi connectivity index (χ3n) is 3.32. The van der Waals surface area contributed by atoms with Gasteiger partial charge in [0.05, 0.1) is 0 Å². The molecule has 0 amide bonds. The zero-order chi connectivity index (χ0) is 11.8. The van der Waals surface area contributed by atoms with Gasteiger partial charge in [-0.25, -0.2) is 4.39 Å². The summed E-state index contributed by atoms with van der Waals surface area (Å²) in [7, 11) is 0. The van der Waals surface area contributed by atoms with Crippen LogP contribution in [0.3, 0.4) is 0 Å². The lowest BCUT2D eigenvalue weighted by molar-refractivity contribution is 0.619. The van der Waals surface area contributed by atoms with Crippen LogP contribution in [0, 0.1) is 12.7 Å². The zero-order valence-corrected chi connectivity index (χ0v) is 9.76. The second kappa shape index (κ2) is 3.88. The van der Waals surface area contributed by atoms with Crippen molar-refractivity contribution in [3.63, 3.8) is 0 Å². The van der Waals surface area contributed by atoms with Gasteiger partial charge in [0.25, 0.3) is 0 Å². The van der Waals surface area contributed by atoms with Crippen LogP contribution in [-0.4, -0.2) is 6.54 Å². The predicted molar refractivity (Wildman–Crippen MR) is 68.8 cm³/mol. The number of benzene rings is 2. The molecule has 86 valence electrons. The Kier molecular flexibility index (Phi) is 2.36. The van der Waals surface area contributed by atoms with Gasteiger partial charge in [0.1, 0.15) is 5.82 Å². The molecule has 1 aliphatic rings. The summed E-state index contributed by atoms with van der Waals surface area (Å²) >= 11 is 0. The average molecular weight is 227 g/mol. The van der Waals surface area contributed by atoms with Crippen LogP contribution in [0.15, 0.2) is 36.4 Å². The second-order valence-electron chi connectivity index (χ2n) is 4.51. The summed E-state index contributed by atoms with van der Waals surface area (Å²) in [6.07, 6.45) is 1.05. The fraction of sp³-hybridized carbons (Fsp3) is 0.200. The predicted octanol–water partition coefficient (Wildman–Crippen LogP) is 3.77. The maximum Gasteiger partial charge on any atom is 0.126 e. The summed E-state index contributed by atoms with van der Waals surface area (Å²) < 4.78 is 13.5. The maximum atomic E-state index is 13.5. The van der Waals surface area contributed by atoms with E-state index in [2.05, 4.69) is 17.4 Å². The van der Waals surface area contributed by atoms with Crippen molar-refractivity contribution in [1.29, 1.82) is 0 Å². The smallest absolute Gasteiger partial charge is 0.126 e. The highest BCUT2D eigenvalue weighted by Gasteiger charge is 2.11. The van der Waals surface area contributed by atoms with E-state index < -0.39 is 0 Å². The van der Waals surface area contributed by atoms with Gasteiger partial charge in [0.15, 0.2) is 0 Å². The van der Waals surface area contributed by atoms with Crippen LogP contribution in [-0.2, 0) is 6.42 Å². The lowest BCUT2D eigenvalue weighted by Crippen LogP contribution is -1.90. The number of halogens is 1. The minimum absolute atomic E-state index is 0.138. The van der Waals surface area contributed by atoms with Crippen LogP contribution < -0.4 is 5.32 Å². The van der Waals surface area contributed by atoms with Crippen LogP contribution in [0.2, 0.25) is 0 Å². The minimum Gasteiger partial charge on any atom is -0.384 e. The monoisotopic (exact) mass is 227 g/mol. The van der Waals surface area contributed by atoms with Gasteiger partial charge < -0.3 is 5.32 Å². The molecule has 0 radical (unpaired) electrons. The maximum absolute atomic E-state index is 13.5. The molecule has 0 atom stereocenters. The standard InChI is InChI=1S/C15H14FN/c1-10-2-3-12(9-14(10)16)11-4-5-15-13(8-11)6-7-17-15/h2-5,8-9,17H,6-7H2,1H3. The van der Waals surface area contributed by atoms with Crippen molar-refractivity contribution < 1.29 is 4.39 Å². The molecule has 17 heavy (non-hydrogen) atoms. The van der Waals surface area contributed by atoms with E-state index in [1.165, 1.54) is 11.3 Å². The summed E-state index contributed by atoms with van der Waals surface area (Å²) in [5.74, 6) is -0.138. The molecule has 1 heterocycles. The quantitative estimate of drug-likeness (QED) is 0.782. The Morgan fingerprint density at radius 3 is 2.65 bits per heavy atom. The Morgan fingerprint density at radius 1 is 1.06 bits per heavy atom. The molecule has 0 aliphatic carbocycles. The lowest BCUT2D eigenvalue weighted by atomic mass is 10.0. The molecule has 2 aromatic carbocycles. The highest BCUT2D eigenvalue weighted by atomic mass is 19.1. The second-order valence-corrected chi connectivity index (χ2v) is 4.51. The molecule has 2 aromatic rings. The van der Waals surface area contributed by atoms with E-state index in [0.717, 1.165) is 24.1 Å². The average Bonchev–Trinajstić information content (AvgIpc) is 2.79. The Bertz CT molecular complexity index is 575. The van der Waals surface area contributed by atoms with Crippen LogP contribution in [0.4, 0.5) is 10.1 Å². The molecular formula is C15H14FN. The summed E-state index contributed by atoms with van der Waals surface area (Å²) in [6.45, 7) is 2.78. The van der Waals surface area contributed by atoms with Crippen LogP contribution in [0.1, 0.15) is 11.1 Å². The fourth-order valence-electron chi connectivity index (χ4n) is 2.26. The number of rotatable bonds is 1. The number of aryl methyl sites for hydroxylation is 1. The zero-order valence-electron chi connectivity index (χ0n) is 9.76. The summed E-state index contributed by atoms with van der Waals surface area (Å²) in [4.78, 5) is 0. The van der Waals surface area contributed by atoms with Gasteiger partial charge >= 0.3 is 0 Å². The topological polar surface area (TPSA) is 12.0 Å². The molecular weight excluding hydrogens is 213 g/mol. The molecule has 0 fully saturated rings. The lowest BCUT2D eigenvalue weighted by Gasteiger charge is -2.06. The van der Waals surface area contributed by atoms with Gasteiger partial charge in [-0.3, -0.25) is 0 Å². The van der Waals surface area contributed by atoms with Crippen molar-refractivity contribution in [2.24, 2.45) is 0 Å². The Balaban J connectivity index is 2.06. The van der Waals surface area contributed by atoms with Gasteiger partial charge in [0.2, 0.25) is 0 Å². The molecule has 2 heteroatoms. The SMILES string of the molecule is Cc1ccc(-c2ccc3c(c2)CCN3)cc1F. The van der Waals surface area contributed by atoms with Crippen molar-refractivity contribution in [3.05, 3.63) is 53.3 Å². The first-order valence-electron chi connectivity index (χ1n) is 5.87. The number of hydrogen-bond donors (Lipinski definition) is 1. The molecule has 0 spiro atoms. The molecule has 0 bridgehead atoms. The van der Waals surface area contributed by atoms with E-state index in [4.69, 9.17) is 0 Å². The van der Waals surface area contributed by atoms with E-state index >= 15 is 0 Å². The highest BCUT2D eigenvalue weighted by molar-refractivity contribution is 5.70. The van der Waals surface area contributed by atoms with Gasteiger partial charge in [-0.05, 0) is 53.8 Å². The molecule has 1 nitrogen and oxygen atoms in total. The first-order chi connectivity index (χ1) is 8.24. The first kappa shape index (κ1) is 10.3. The number of hydrogen-bond acceptors (Lipinski definition) is 1. The molecule has 3 rings (SSSR count). The van der Waals surface area contributed by atoms with Crippen molar-refractivity contribution in [2.45, 2.75) is 13.3 Å². The highest BCUT2D eigenvalue weighted by Crippen LogP contribution is 2.29. The Morgan fingerprint density at radius 2 is 1.82 bits per heavy atom. The van der Waals surface area contributed by atoms with Crippen molar-refractivity contribution >= 4 is 5.69 Å². The van der Waals surface area contributed by atoms with Gasteiger partial charge in [0, 0.05) is 12.2 Å². The Labute approximate surface area is 100 Å². The molecule has 0 unspecified atom stereocenters. The van der Waals surface area contributed by atoms with E-state index in [1.54, 1.807) is 13.0 Å². The molecule has 1 aliphatic heterocycles. The van der Waals surface area contributed by atoms with Gasteiger partial charge in [-0.1, -0.05) is 18.2 Å². The van der Waals surface area contributed by atoms with Crippen LogP contribution in [0.5, 0.6) is 0 Å². The summed E-state index contributed by atoms with van der Waals surface area (Å²) in [6, 6.07) is 11.7. The third kappa shape index (κ3) is 1.80. The summed E-state index contributed by atoms with van der Waals surface area (Å²) in [5, 5.41) is 3.33. The third-order valence-corrected chi connectivity index (χ3v) is 3.32. The van der Waals surface area contributed by atoms with Crippen molar-refractivity contribution in [3.8, 4) is 11.1 Å². The molecule has 0 aromatic heterocycles. The van der Waals surface area contributed by atoms with E-state index in [9.17, 15) is 4.39 Å². The number of nitrogens with one attached hydrogen (secondary N) is 1. The number of anilines is 1. The molecule has 1 N–H and O–H groups in total. The largest absolute Gasteiger partial charge is 0.384 e. The van der Waals surface area contributed by atoms with Crippen LogP contribution >= 0.6 is 0 Å². The first-order valence-corrected chi connectivity index (χ1v) is 5.87. The normalized spacial score (nSPS) is 13.3. The van der Waals surface area contributed by atoms with Crippen molar-refractivity contribution in [2.75, 3.05) is 11.9 Å². The van der Waals surface area contributed by atoms with E-state index in [-0.39, 0.29) is 5.82 Å². The molecule has 0 saturated carbocycles. The molecule has 0 saturated heterocycles. The van der Waals surface area contributed by atoms with Crippen molar-refractivity contribution in [1.82, 2.24) is 0 Å². The Hall–Kier alpha value is -1.83. The van der Waals surface area contributed by atoms with Crippen LogP contribution in [0.25, 0.3) is 11.1 Å². The summed E-state index contributed by atoms with van der Waals surface area (Å²) in [5.41, 5.74) is 5.26. The number of fused-ring (bicyclic) bond motifs is 1. The van der Waals surface area contributed by atoms with Gasteiger partial charge in [-0.15, -0.1) is 0 Å². The van der Waals surface area contributed by atoms with E-state index in [1.807, 2.05) is 18.2 Å². The van der Waals surface area contributed by atoms with E-state index in [0.29, 0.717) is 5.56 Å². The minimum atomic E-state index is -0.138. The fourth-order valence-corrected chi connectivity index (χ4v) is 2.26. The van der Waals surface area contributed by atoms with Gasteiger partial charge in [-0.2, -0.15) is 0 Å².